The number of hydrogen-bond donors (Lipinski definition) is 0. The van der Waals surface area contributed by atoms with E-state index in [1.807, 2.05) is 6.08 Å². The molecule has 0 N–H and O–H groups in total. The van der Waals surface area contributed by atoms with Crippen LogP contribution in [0.1, 0.15) is 84.0 Å². The maximum atomic E-state index is 11.6. The number of nitrogens with zero attached hydrogens (tertiary/aromatic N) is 1. The van der Waals surface area contributed by atoms with E-state index >= 15 is 0 Å². The van der Waals surface area contributed by atoms with E-state index in [1.54, 1.807) is 6.08 Å². The molecule has 1 saturated heterocycles. The second-order valence-electron chi connectivity index (χ2n) is 6.33. The van der Waals surface area contributed by atoms with Gasteiger partial charge in [-0.05, 0) is 38.5 Å². The van der Waals surface area contributed by atoms with Crippen LogP contribution in [0.3, 0.4) is 0 Å². The molecule has 0 aromatic rings. The Labute approximate surface area is 151 Å². The van der Waals surface area contributed by atoms with Crippen molar-refractivity contribution in [3.05, 3.63) is 24.3 Å². The average molecular weight is 349 g/mol. The van der Waals surface area contributed by atoms with Gasteiger partial charge in [0.2, 0.25) is 0 Å². The van der Waals surface area contributed by atoms with E-state index in [0.717, 1.165) is 19.3 Å². The molecule has 1 aliphatic heterocycles. The fourth-order valence-electron chi connectivity index (χ4n) is 2.54. The van der Waals surface area contributed by atoms with Crippen molar-refractivity contribution >= 4 is 17.8 Å². The summed E-state index contributed by atoms with van der Waals surface area (Å²) >= 11 is 0. The number of carbonyl (C=O) groups is 3. The molecule has 5 nitrogen and oxygen atoms in total. The molecule has 0 radical (unpaired) electrons. The van der Waals surface area contributed by atoms with E-state index in [2.05, 4.69) is 19.1 Å². The van der Waals surface area contributed by atoms with Gasteiger partial charge < -0.3 is 4.84 Å². The Morgan fingerprint density at radius 1 is 0.880 bits per heavy atom. The summed E-state index contributed by atoms with van der Waals surface area (Å²) in [6.45, 7) is 2.22. The Kier molecular flexibility index (Phi) is 11.3. The molecular formula is C20H31NO4. The lowest BCUT2D eigenvalue weighted by Gasteiger charge is -2.11. The van der Waals surface area contributed by atoms with E-state index in [-0.39, 0.29) is 19.3 Å². The zero-order chi connectivity index (χ0) is 18.3. The number of imide groups is 1. The van der Waals surface area contributed by atoms with Gasteiger partial charge in [0, 0.05) is 12.8 Å². The summed E-state index contributed by atoms with van der Waals surface area (Å²) in [6.07, 6.45) is 19.2. The molecule has 5 heteroatoms. The van der Waals surface area contributed by atoms with Gasteiger partial charge in [-0.15, -0.1) is 5.06 Å². The minimum absolute atomic E-state index is 0.0809. The van der Waals surface area contributed by atoms with Crippen LogP contribution in [0.25, 0.3) is 0 Å². The molecule has 1 aliphatic rings. The molecule has 0 spiro atoms. The molecule has 1 fully saturated rings. The minimum atomic E-state index is -0.576. The van der Waals surface area contributed by atoms with Gasteiger partial charge in [0.1, 0.15) is 0 Å². The Bertz CT molecular complexity index is 466. The lowest BCUT2D eigenvalue weighted by Crippen LogP contribution is -2.31. The van der Waals surface area contributed by atoms with Crippen molar-refractivity contribution in [1.29, 1.82) is 0 Å². The van der Waals surface area contributed by atoms with Gasteiger partial charge in [0.05, 0.1) is 6.42 Å². The summed E-state index contributed by atoms with van der Waals surface area (Å²) in [7, 11) is 0. The smallest absolute Gasteiger partial charge is 0.330 e. The normalized spacial score (nSPS) is 15.0. The van der Waals surface area contributed by atoms with Gasteiger partial charge >= 0.3 is 5.97 Å². The summed E-state index contributed by atoms with van der Waals surface area (Å²) in [5.74, 6) is -1.46. The van der Waals surface area contributed by atoms with Gasteiger partial charge in [0.15, 0.2) is 0 Å². The lowest BCUT2D eigenvalue weighted by molar-refractivity contribution is -0.196. The molecule has 1 rings (SSSR count). The Balaban J connectivity index is 1.97. The highest BCUT2D eigenvalue weighted by Gasteiger charge is 2.32. The predicted molar refractivity (Wildman–Crippen MR) is 97.3 cm³/mol. The van der Waals surface area contributed by atoms with Gasteiger partial charge in [-0.25, -0.2) is 4.79 Å². The van der Waals surface area contributed by atoms with Crippen LogP contribution in [0.15, 0.2) is 24.3 Å². The van der Waals surface area contributed by atoms with Gasteiger partial charge in [-0.1, -0.05) is 50.5 Å². The van der Waals surface area contributed by atoms with Gasteiger partial charge in [0.25, 0.3) is 11.8 Å². The summed E-state index contributed by atoms with van der Waals surface area (Å²) in [5, 5.41) is 0.589. The SMILES string of the molecule is CCCCC/C=C\CCCCC/C=C/CC(=O)ON1C(=O)CCC1=O. The molecule has 1 heterocycles. The first kappa shape index (κ1) is 21.1. The number of amides is 2. The average Bonchev–Trinajstić information content (AvgIpc) is 2.91. The second-order valence-corrected chi connectivity index (χ2v) is 6.33. The molecule has 2 amide bonds. The molecule has 0 aromatic carbocycles. The second kappa shape index (κ2) is 13.4. The third kappa shape index (κ3) is 9.85. The molecule has 140 valence electrons. The largest absolute Gasteiger partial charge is 0.336 e. The summed E-state index contributed by atoms with van der Waals surface area (Å²) < 4.78 is 0. The van der Waals surface area contributed by atoms with Gasteiger partial charge in [-0.2, -0.15) is 0 Å². The maximum absolute atomic E-state index is 11.6. The van der Waals surface area contributed by atoms with Crippen molar-refractivity contribution in [2.75, 3.05) is 0 Å². The van der Waals surface area contributed by atoms with E-state index in [9.17, 15) is 14.4 Å². The molecule has 0 unspecified atom stereocenters. The molecule has 0 aliphatic carbocycles. The highest BCUT2D eigenvalue weighted by atomic mass is 16.7. The summed E-state index contributed by atoms with van der Waals surface area (Å²) in [4.78, 5) is 39.0. The topological polar surface area (TPSA) is 63.7 Å². The highest BCUT2D eigenvalue weighted by Crippen LogP contribution is 2.13. The van der Waals surface area contributed by atoms with Crippen LogP contribution in [0.2, 0.25) is 0 Å². The monoisotopic (exact) mass is 349 g/mol. The molecule has 0 atom stereocenters. The molecule has 0 aromatic heterocycles. The predicted octanol–water partition coefficient (Wildman–Crippen LogP) is 4.63. The molecule has 0 bridgehead atoms. The standard InChI is InChI=1S/C20H31NO4/c1-2-3-4-5-6-7-8-9-10-11-12-13-14-15-20(24)25-21-18(22)16-17-19(21)23/h6-7,13-14H,2-5,8-12,15-17H2,1H3/b7-6-,14-13+. The fourth-order valence-corrected chi connectivity index (χ4v) is 2.54. The Morgan fingerprint density at radius 3 is 1.96 bits per heavy atom. The fraction of sp³-hybridized carbons (Fsp3) is 0.650. The van der Waals surface area contributed by atoms with Crippen LogP contribution in [0, 0.1) is 0 Å². The minimum Gasteiger partial charge on any atom is -0.330 e. The molecular weight excluding hydrogens is 318 g/mol. The quantitative estimate of drug-likeness (QED) is 0.276. The van der Waals surface area contributed by atoms with Crippen molar-refractivity contribution in [2.24, 2.45) is 0 Å². The molecule has 0 saturated carbocycles. The number of hydrogen-bond acceptors (Lipinski definition) is 4. The Morgan fingerprint density at radius 2 is 1.40 bits per heavy atom. The van der Waals surface area contributed by atoms with E-state index < -0.39 is 17.8 Å². The number of rotatable bonds is 13. The van der Waals surface area contributed by atoms with Crippen LogP contribution in [0.5, 0.6) is 0 Å². The van der Waals surface area contributed by atoms with Crippen LogP contribution in [0.4, 0.5) is 0 Å². The van der Waals surface area contributed by atoms with Crippen LogP contribution in [-0.4, -0.2) is 22.8 Å². The van der Waals surface area contributed by atoms with Crippen molar-refractivity contribution in [2.45, 2.75) is 84.0 Å². The zero-order valence-electron chi connectivity index (χ0n) is 15.4. The highest BCUT2D eigenvalue weighted by molar-refractivity contribution is 6.01. The Hall–Kier alpha value is -1.91. The van der Waals surface area contributed by atoms with E-state index in [1.165, 1.54) is 38.5 Å². The van der Waals surface area contributed by atoms with Crippen molar-refractivity contribution in [1.82, 2.24) is 5.06 Å². The lowest BCUT2D eigenvalue weighted by atomic mass is 10.1. The van der Waals surface area contributed by atoms with Crippen LogP contribution >= 0.6 is 0 Å². The summed E-state index contributed by atoms with van der Waals surface area (Å²) in [6, 6.07) is 0. The number of unbranched alkanes of at least 4 members (excludes halogenated alkanes) is 7. The third-order valence-electron chi connectivity index (χ3n) is 4.03. The third-order valence-corrected chi connectivity index (χ3v) is 4.03. The first-order valence-corrected chi connectivity index (χ1v) is 9.51. The van der Waals surface area contributed by atoms with Crippen molar-refractivity contribution in [3.8, 4) is 0 Å². The molecule has 25 heavy (non-hydrogen) atoms. The summed E-state index contributed by atoms with van der Waals surface area (Å²) in [5.41, 5.74) is 0. The van der Waals surface area contributed by atoms with Crippen LogP contribution < -0.4 is 0 Å². The van der Waals surface area contributed by atoms with Gasteiger partial charge in [-0.3, -0.25) is 9.59 Å². The van der Waals surface area contributed by atoms with Crippen LogP contribution in [-0.2, 0) is 19.2 Å². The number of hydroxylamine groups is 2. The number of carbonyl (C=O) groups excluding carboxylic acids is 3. The van der Waals surface area contributed by atoms with Crippen molar-refractivity contribution in [3.63, 3.8) is 0 Å². The maximum Gasteiger partial charge on any atom is 0.336 e. The van der Waals surface area contributed by atoms with E-state index in [4.69, 9.17) is 4.84 Å². The first-order chi connectivity index (χ1) is 12.1. The van der Waals surface area contributed by atoms with Crippen molar-refractivity contribution < 1.29 is 19.2 Å². The zero-order valence-corrected chi connectivity index (χ0v) is 15.4. The first-order valence-electron chi connectivity index (χ1n) is 9.51. The van der Waals surface area contributed by atoms with E-state index in [0.29, 0.717) is 5.06 Å². The number of allylic oxidation sites excluding steroid dienone is 3.